The minimum Gasteiger partial charge on any atom is -0.332 e. The summed E-state index contributed by atoms with van der Waals surface area (Å²) in [5.41, 5.74) is 4.25. The van der Waals surface area contributed by atoms with Crippen molar-refractivity contribution < 1.29 is 0 Å². The molecule has 0 amide bonds. The van der Waals surface area contributed by atoms with E-state index in [9.17, 15) is 0 Å². The number of nitrogens with one attached hydrogen (secondary N) is 2. The largest absolute Gasteiger partial charge is 0.332 e. The first-order valence-electron chi connectivity index (χ1n) is 7.89. The Morgan fingerprint density at radius 3 is 2.62 bits per heavy atom. The zero-order valence-corrected chi connectivity index (χ0v) is 16.6. The van der Waals surface area contributed by atoms with Gasteiger partial charge in [-0.25, -0.2) is 9.67 Å². The number of anilines is 2. The van der Waals surface area contributed by atoms with Crippen molar-refractivity contribution in [3.8, 4) is 0 Å². The molecule has 1 heterocycles. The molecule has 2 aromatic carbocycles. The molecule has 134 valence electrons. The Bertz CT molecular complexity index is 955. The van der Waals surface area contributed by atoms with Crippen molar-refractivity contribution in [2.75, 3.05) is 10.6 Å². The third kappa shape index (κ3) is 4.72. The lowest BCUT2D eigenvalue weighted by atomic mass is 10.1. The van der Waals surface area contributed by atoms with Crippen LogP contribution < -0.4 is 10.6 Å². The van der Waals surface area contributed by atoms with Crippen LogP contribution in [0.25, 0.3) is 0 Å². The second-order valence-corrected chi connectivity index (χ2v) is 7.13. The van der Waals surface area contributed by atoms with Crippen LogP contribution in [-0.2, 0) is 6.54 Å². The van der Waals surface area contributed by atoms with E-state index in [0.717, 1.165) is 11.3 Å². The average Bonchev–Trinajstić information content (AvgIpc) is 3.00. The summed E-state index contributed by atoms with van der Waals surface area (Å²) in [4.78, 5) is 4.22. The number of nitrogens with zero attached hydrogens (tertiary/aromatic N) is 3. The number of benzene rings is 2. The van der Waals surface area contributed by atoms with Crippen LogP contribution in [0.15, 0.2) is 42.7 Å². The van der Waals surface area contributed by atoms with E-state index in [1.807, 2.05) is 24.3 Å². The second-order valence-electron chi connectivity index (χ2n) is 5.88. The predicted octanol–water partition coefficient (Wildman–Crippen LogP) is 5.06. The Morgan fingerprint density at radius 1 is 1.08 bits per heavy atom. The maximum absolute atomic E-state index is 6.19. The van der Waals surface area contributed by atoms with E-state index in [4.69, 9.17) is 35.4 Å². The smallest absolute Gasteiger partial charge is 0.248 e. The molecule has 26 heavy (non-hydrogen) atoms. The summed E-state index contributed by atoms with van der Waals surface area (Å²) in [5, 5.41) is 12.1. The molecule has 0 saturated carbocycles. The van der Waals surface area contributed by atoms with Crippen molar-refractivity contribution >= 4 is 52.2 Å². The van der Waals surface area contributed by atoms with Crippen LogP contribution in [0.1, 0.15) is 16.7 Å². The molecule has 0 unspecified atom stereocenters. The number of thiocarbonyl (C=S) groups is 1. The lowest BCUT2D eigenvalue weighted by Crippen LogP contribution is -2.20. The molecule has 0 fully saturated rings. The van der Waals surface area contributed by atoms with E-state index >= 15 is 0 Å². The second kappa shape index (κ2) is 8.03. The third-order valence-corrected chi connectivity index (χ3v) is 4.67. The standard InChI is InChI=1S/C18H17Cl2N5S/c1-11-3-6-15(7-12(11)2)22-18(26)23-17-21-10-25(24-17)9-13-4-5-14(19)8-16(13)20/h3-8,10H,9H2,1-2H3,(H2,22,23,24,26). The van der Waals surface area contributed by atoms with Gasteiger partial charge in [0, 0.05) is 15.7 Å². The summed E-state index contributed by atoms with van der Waals surface area (Å²) in [6.45, 7) is 4.61. The molecule has 1 aromatic heterocycles. The van der Waals surface area contributed by atoms with Crippen LogP contribution in [0.3, 0.4) is 0 Å². The molecule has 0 aliphatic heterocycles. The van der Waals surface area contributed by atoms with Gasteiger partial charge in [0.25, 0.3) is 0 Å². The van der Waals surface area contributed by atoms with Gasteiger partial charge in [-0.3, -0.25) is 5.32 Å². The van der Waals surface area contributed by atoms with Crippen LogP contribution >= 0.6 is 35.4 Å². The molecule has 0 radical (unpaired) electrons. The normalized spacial score (nSPS) is 10.6. The summed E-state index contributed by atoms with van der Waals surface area (Å²) in [6, 6.07) is 11.4. The van der Waals surface area contributed by atoms with E-state index in [1.165, 1.54) is 11.1 Å². The Kier molecular flexibility index (Phi) is 5.76. The molecule has 3 rings (SSSR count). The Labute approximate surface area is 167 Å². The van der Waals surface area contributed by atoms with Gasteiger partial charge in [0.1, 0.15) is 6.33 Å². The van der Waals surface area contributed by atoms with Gasteiger partial charge in [-0.1, -0.05) is 35.3 Å². The van der Waals surface area contributed by atoms with Gasteiger partial charge in [-0.2, -0.15) is 0 Å². The monoisotopic (exact) mass is 405 g/mol. The van der Waals surface area contributed by atoms with E-state index in [0.29, 0.717) is 27.7 Å². The van der Waals surface area contributed by atoms with Gasteiger partial charge in [0.2, 0.25) is 5.95 Å². The Balaban J connectivity index is 1.62. The molecule has 0 saturated heterocycles. The average molecular weight is 406 g/mol. The van der Waals surface area contributed by atoms with Crippen LogP contribution in [0.2, 0.25) is 10.0 Å². The topological polar surface area (TPSA) is 54.8 Å². The van der Waals surface area contributed by atoms with Crippen LogP contribution in [0.5, 0.6) is 0 Å². The minimum absolute atomic E-state index is 0.413. The quantitative estimate of drug-likeness (QED) is 0.594. The fourth-order valence-corrected chi connectivity index (χ4v) is 3.01. The Morgan fingerprint density at radius 2 is 1.88 bits per heavy atom. The SMILES string of the molecule is Cc1ccc(NC(=S)Nc2ncn(Cc3ccc(Cl)cc3Cl)n2)cc1C. The number of halogens is 2. The van der Waals surface area contributed by atoms with Crippen molar-refractivity contribution in [3.63, 3.8) is 0 Å². The lowest BCUT2D eigenvalue weighted by molar-refractivity contribution is 0.687. The highest BCUT2D eigenvalue weighted by molar-refractivity contribution is 7.80. The molecule has 8 heteroatoms. The highest BCUT2D eigenvalue weighted by Gasteiger charge is 2.07. The van der Waals surface area contributed by atoms with Crippen molar-refractivity contribution in [2.45, 2.75) is 20.4 Å². The first-order valence-corrected chi connectivity index (χ1v) is 9.06. The summed E-state index contributed by atoms with van der Waals surface area (Å²) in [6.07, 6.45) is 1.62. The van der Waals surface area contributed by atoms with E-state index in [-0.39, 0.29) is 0 Å². The zero-order valence-electron chi connectivity index (χ0n) is 14.3. The summed E-state index contributed by atoms with van der Waals surface area (Å²) >= 11 is 17.4. The molecule has 0 aliphatic carbocycles. The van der Waals surface area contributed by atoms with Crippen molar-refractivity contribution in [1.29, 1.82) is 0 Å². The molecule has 5 nitrogen and oxygen atoms in total. The summed E-state index contributed by atoms with van der Waals surface area (Å²) in [7, 11) is 0. The number of hydrogen-bond donors (Lipinski definition) is 2. The molecule has 0 spiro atoms. The van der Waals surface area contributed by atoms with E-state index in [1.54, 1.807) is 23.1 Å². The number of hydrogen-bond acceptors (Lipinski definition) is 3. The number of aromatic nitrogens is 3. The number of rotatable bonds is 4. The fourth-order valence-electron chi connectivity index (χ4n) is 2.34. The molecular weight excluding hydrogens is 389 g/mol. The summed E-state index contributed by atoms with van der Waals surface area (Å²) < 4.78 is 1.68. The highest BCUT2D eigenvalue weighted by Crippen LogP contribution is 2.21. The zero-order chi connectivity index (χ0) is 18.7. The van der Waals surface area contributed by atoms with Crippen LogP contribution in [0, 0.1) is 13.8 Å². The highest BCUT2D eigenvalue weighted by atomic mass is 35.5. The van der Waals surface area contributed by atoms with Gasteiger partial charge < -0.3 is 5.32 Å². The molecule has 0 atom stereocenters. The Hall–Kier alpha value is -2.15. The first kappa shape index (κ1) is 18.6. The van der Waals surface area contributed by atoms with Crippen LogP contribution in [-0.4, -0.2) is 19.9 Å². The van der Waals surface area contributed by atoms with Crippen LogP contribution in [0.4, 0.5) is 11.6 Å². The van der Waals surface area contributed by atoms with Crippen molar-refractivity contribution in [2.24, 2.45) is 0 Å². The predicted molar refractivity (Wildman–Crippen MR) is 111 cm³/mol. The molecule has 2 N–H and O–H groups in total. The fraction of sp³-hybridized carbons (Fsp3) is 0.167. The minimum atomic E-state index is 0.413. The van der Waals surface area contributed by atoms with E-state index < -0.39 is 0 Å². The summed E-state index contributed by atoms with van der Waals surface area (Å²) in [5.74, 6) is 0.413. The van der Waals surface area contributed by atoms with Gasteiger partial charge in [-0.05, 0) is 67.0 Å². The molecule has 3 aromatic rings. The molecule has 0 aliphatic rings. The lowest BCUT2D eigenvalue weighted by Gasteiger charge is -2.09. The van der Waals surface area contributed by atoms with Gasteiger partial charge in [-0.15, -0.1) is 5.10 Å². The number of aryl methyl sites for hydroxylation is 2. The first-order chi connectivity index (χ1) is 12.4. The maximum Gasteiger partial charge on any atom is 0.248 e. The van der Waals surface area contributed by atoms with Crippen molar-refractivity contribution in [3.05, 3.63) is 69.5 Å². The maximum atomic E-state index is 6.19. The third-order valence-electron chi connectivity index (χ3n) is 3.87. The van der Waals surface area contributed by atoms with E-state index in [2.05, 4.69) is 34.6 Å². The van der Waals surface area contributed by atoms with Crippen molar-refractivity contribution in [1.82, 2.24) is 14.8 Å². The molecular formula is C18H17Cl2N5S. The van der Waals surface area contributed by atoms with Gasteiger partial charge in [0.05, 0.1) is 6.54 Å². The van der Waals surface area contributed by atoms with Gasteiger partial charge in [0.15, 0.2) is 5.11 Å². The van der Waals surface area contributed by atoms with Gasteiger partial charge >= 0.3 is 0 Å². The molecule has 0 bridgehead atoms.